The first-order valence-electron chi connectivity index (χ1n) is 7.80. The van der Waals surface area contributed by atoms with Crippen molar-refractivity contribution in [3.05, 3.63) is 28.2 Å². The number of nitrogens with one attached hydrogen (secondary N) is 1. The van der Waals surface area contributed by atoms with Gasteiger partial charge in [-0.05, 0) is 53.9 Å². The minimum absolute atomic E-state index is 0.266. The second-order valence-electron chi connectivity index (χ2n) is 7.82. The summed E-state index contributed by atoms with van der Waals surface area (Å²) in [4.78, 5) is 0. The van der Waals surface area contributed by atoms with Crippen molar-refractivity contribution in [2.24, 2.45) is 5.41 Å². The van der Waals surface area contributed by atoms with E-state index < -0.39 is 0 Å². The van der Waals surface area contributed by atoms with E-state index in [2.05, 4.69) is 74.1 Å². The van der Waals surface area contributed by atoms with Crippen molar-refractivity contribution < 1.29 is 0 Å². The Labute approximate surface area is 132 Å². The zero-order valence-electron chi connectivity index (χ0n) is 13.5. The van der Waals surface area contributed by atoms with Gasteiger partial charge in [0.15, 0.2) is 0 Å². The minimum atomic E-state index is 0.266. The lowest BCUT2D eigenvalue weighted by Gasteiger charge is -2.44. The zero-order chi connectivity index (χ0) is 15.0. The highest BCUT2D eigenvalue weighted by atomic mass is 79.9. The third-order valence-corrected chi connectivity index (χ3v) is 4.74. The number of anilines is 1. The Bertz CT molecular complexity index is 475. The average Bonchev–Trinajstić information content (AvgIpc) is 2.28. The van der Waals surface area contributed by atoms with Crippen molar-refractivity contribution in [3.8, 4) is 0 Å². The standard InChI is InChI=1S/C18H28BrN/c1-6-7-14-11-18(5,12-17(2,3)4)15-10-13(19)8-9-16(15)20-14/h8-10,14,20H,6-7,11-12H2,1-5H3/t14-,18+/m0/s1. The van der Waals surface area contributed by atoms with E-state index in [0.29, 0.717) is 11.5 Å². The van der Waals surface area contributed by atoms with Crippen LogP contribution < -0.4 is 5.32 Å². The third kappa shape index (κ3) is 3.58. The highest BCUT2D eigenvalue weighted by Gasteiger charge is 2.38. The van der Waals surface area contributed by atoms with Crippen LogP contribution in [0, 0.1) is 5.41 Å². The van der Waals surface area contributed by atoms with Crippen molar-refractivity contribution in [2.75, 3.05) is 5.32 Å². The topological polar surface area (TPSA) is 12.0 Å². The molecule has 0 fully saturated rings. The number of halogens is 1. The molecule has 1 aliphatic heterocycles. The van der Waals surface area contributed by atoms with Crippen LogP contribution in [-0.2, 0) is 5.41 Å². The summed E-state index contributed by atoms with van der Waals surface area (Å²) in [5, 5.41) is 3.75. The van der Waals surface area contributed by atoms with Crippen LogP contribution in [0.25, 0.3) is 0 Å². The fourth-order valence-corrected chi connectivity index (χ4v) is 4.29. The highest BCUT2D eigenvalue weighted by molar-refractivity contribution is 9.10. The van der Waals surface area contributed by atoms with Gasteiger partial charge < -0.3 is 5.32 Å². The van der Waals surface area contributed by atoms with E-state index in [-0.39, 0.29) is 5.41 Å². The maximum atomic E-state index is 3.75. The second kappa shape index (κ2) is 5.71. The Balaban J connectivity index is 2.41. The third-order valence-electron chi connectivity index (χ3n) is 4.25. The SMILES string of the molecule is CCC[C@H]1C[C@](C)(CC(C)(C)C)c2cc(Br)ccc2N1. The molecule has 0 bridgehead atoms. The molecule has 112 valence electrons. The van der Waals surface area contributed by atoms with E-state index in [0.717, 1.165) is 0 Å². The fourth-order valence-electron chi connectivity index (χ4n) is 3.93. The maximum Gasteiger partial charge on any atom is 0.0381 e. The molecule has 0 saturated heterocycles. The van der Waals surface area contributed by atoms with Crippen LogP contribution in [0.15, 0.2) is 22.7 Å². The maximum absolute atomic E-state index is 3.75. The molecule has 0 aromatic heterocycles. The van der Waals surface area contributed by atoms with Gasteiger partial charge in [0.25, 0.3) is 0 Å². The van der Waals surface area contributed by atoms with Crippen molar-refractivity contribution in [1.82, 2.24) is 0 Å². The van der Waals surface area contributed by atoms with Gasteiger partial charge in [-0.3, -0.25) is 0 Å². The van der Waals surface area contributed by atoms with Gasteiger partial charge in [0, 0.05) is 16.2 Å². The number of hydrogen-bond donors (Lipinski definition) is 1. The van der Waals surface area contributed by atoms with E-state index >= 15 is 0 Å². The summed E-state index contributed by atoms with van der Waals surface area (Å²) in [7, 11) is 0. The molecule has 20 heavy (non-hydrogen) atoms. The summed E-state index contributed by atoms with van der Waals surface area (Å²) in [5.41, 5.74) is 3.43. The molecule has 0 unspecified atom stereocenters. The average molecular weight is 338 g/mol. The quantitative estimate of drug-likeness (QED) is 0.699. The van der Waals surface area contributed by atoms with Crippen LogP contribution in [-0.4, -0.2) is 6.04 Å². The summed E-state index contributed by atoms with van der Waals surface area (Å²) in [6.45, 7) is 11.8. The van der Waals surface area contributed by atoms with Gasteiger partial charge in [-0.2, -0.15) is 0 Å². The predicted molar refractivity (Wildman–Crippen MR) is 92.5 cm³/mol. The molecule has 1 aromatic carbocycles. The summed E-state index contributed by atoms with van der Waals surface area (Å²) in [6, 6.07) is 7.32. The Morgan fingerprint density at radius 1 is 1.35 bits per heavy atom. The molecule has 2 atom stereocenters. The van der Waals surface area contributed by atoms with Gasteiger partial charge in [0.1, 0.15) is 0 Å². The van der Waals surface area contributed by atoms with Crippen LogP contribution in [0.4, 0.5) is 5.69 Å². The largest absolute Gasteiger partial charge is 0.382 e. The molecule has 1 aromatic rings. The number of rotatable bonds is 3. The molecule has 2 heteroatoms. The highest BCUT2D eigenvalue weighted by Crippen LogP contribution is 2.47. The fraction of sp³-hybridized carbons (Fsp3) is 0.667. The van der Waals surface area contributed by atoms with Crippen LogP contribution in [0.1, 0.15) is 65.9 Å². The molecular weight excluding hydrogens is 310 g/mol. The Morgan fingerprint density at radius 2 is 2.05 bits per heavy atom. The molecule has 1 aliphatic rings. The van der Waals surface area contributed by atoms with E-state index in [9.17, 15) is 0 Å². The molecule has 2 rings (SSSR count). The van der Waals surface area contributed by atoms with Gasteiger partial charge in [0.05, 0.1) is 0 Å². The first kappa shape index (κ1) is 15.9. The number of fused-ring (bicyclic) bond motifs is 1. The summed E-state index contributed by atoms with van der Waals surface area (Å²) < 4.78 is 1.19. The second-order valence-corrected chi connectivity index (χ2v) is 8.74. The molecule has 1 N–H and O–H groups in total. The molecule has 0 radical (unpaired) electrons. The van der Waals surface area contributed by atoms with E-state index in [1.54, 1.807) is 0 Å². The number of benzene rings is 1. The molecule has 0 aliphatic carbocycles. The number of hydrogen-bond acceptors (Lipinski definition) is 1. The molecule has 0 spiro atoms. The zero-order valence-corrected chi connectivity index (χ0v) is 15.1. The molecule has 1 nitrogen and oxygen atoms in total. The van der Waals surface area contributed by atoms with Crippen molar-refractivity contribution in [3.63, 3.8) is 0 Å². The van der Waals surface area contributed by atoms with E-state index in [1.165, 1.54) is 41.4 Å². The van der Waals surface area contributed by atoms with Gasteiger partial charge in [-0.25, -0.2) is 0 Å². The van der Waals surface area contributed by atoms with E-state index in [1.807, 2.05) is 0 Å². The molecule has 0 saturated carbocycles. The van der Waals surface area contributed by atoms with Crippen molar-refractivity contribution in [1.29, 1.82) is 0 Å². The summed E-state index contributed by atoms with van der Waals surface area (Å²) >= 11 is 3.64. The minimum Gasteiger partial charge on any atom is -0.382 e. The summed E-state index contributed by atoms with van der Waals surface area (Å²) in [6.07, 6.45) is 4.97. The van der Waals surface area contributed by atoms with Gasteiger partial charge in [0.2, 0.25) is 0 Å². The Hall–Kier alpha value is -0.500. The lowest BCUT2D eigenvalue weighted by molar-refractivity contribution is 0.239. The molecular formula is C18H28BrN. The molecule has 0 amide bonds. The lowest BCUT2D eigenvalue weighted by Crippen LogP contribution is -2.40. The normalized spacial score (nSPS) is 26.0. The first-order valence-corrected chi connectivity index (χ1v) is 8.59. The van der Waals surface area contributed by atoms with Crippen LogP contribution in [0.2, 0.25) is 0 Å². The van der Waals surface area contributed by atoms with Crippen LogP contribution in [0.3, 0.4) is 0 Å². The van der Waals surface area contributed by atoms with Gasteiger partial charge in [-0.1, -0.05) is 57.0 Å². The predicted octanol–water partition coefficient (Wildman–Crippen LogP) is 6.13. The van der Waals surface area contributed by atoms with Crippen LogP contribution in [0.5, 0.6) is 0 Å². The smallest absolute Gasteiger partial charge is 0.0381 e. The van der Waals surface area contributed by atoms with Gasteiger partial charge in [-0.15, -0.1) is 0 Å². The monoisotopic (exact) mass is 337 g/mol. The van der Waals surface area contributed by atoms with E-state index in [4.69, 9.17) is 0 Å². The summed E-state index contributed by atoms with van der Waals surface area (Å²) in [5.74, 6) is 0. The van der Waals surface area contributed by atoms with Crippen molar-refractivity contribution in [2.45, 2.75) is 71.8 Å². The Morgan fingerprint density at radius 3 is 2.65 bits per heavy atom. The molecule has 1 heterocycles. The van der Waals surface area contributed by atoms with Gasteiger partial charge >= 0.3 is 0 Å². The first-order chi connectivity index (χ1) is 9.23. The Kier molecular flexibility index (Phi) is 4.53. The van der Waals surface area contributed by atoms with Crippen molar-refractivity contribution >= 4 is 21.6 Å². The van der Waals surface area contributed by atoms with Crippen LogP contribution >= 0.6 is 15.9 Å². The lowest BCUT2D eigenvalue weighted by atomic mass is 9.65.